The fourth-order valence-corrected chi connectivity index (χ4v) is 10.0. The van der Waals surface area contributed by atoms with Gasteiger partial charge in [-0.2, -0.15) is 13.2 Å². The molecule has 7 heteroatoms. The molecule has 0 fully saturated rings. The summed E-state index contributed by atoms with van der Waals surface area (Å²) in [5.74, 6) is 0.365. The van der Waals surface area contributed by atoms with Crippen LogP contribution in [-0.4, -0.2) is 17.5 Å². The molecule has 0 saturated heterocycles. The fourth-order valence-electron chi connectivity index (χ4n) is 5.86. The van der Waals surface area contributed by atoms with Gasteiger partial charge in [0.1, 0.15) is 21.6 Å². The second-order valence-corrected chi connectivity index (χ2v) is 15.9. The van der Waals surface area contributed by atoms with Gasteiger partial charge in [-0.3, -0.25) is 4.58 Å². The maximum Gasteiger partial charge on any atom is 0.394 e. The van der Waals surface area contributed by atoms with Gasteiger partial charge in [0.05, 0.1) is 16.8 Å². The minimum absolute atomic E-state index is 0.0476. The average molecular weight is 622 g/mol. The van der Waals surface area contributed by atoms with Gasteiger partial charge in [-0.05, 0) is 52.3 Å². The van der Waals surface area contributed by atoms with Crippen LogP contribution in [0.3, 0.4) is 0 Å². The quantitative estimate of drug-likeness (QED) is 0.104. The Bertz CT molecular complexity index is 1890. The van der Waals surface area contributed by atoms with Gasteiger partial charge in [-0.1, -0.05) is 99.2 Å². The Morgan fingerprint density at radius 2 is 1.67 bits per heavy atom. The van der Waals surface area contributed by atoms with Crippen molar-refractivity contribution in [3.05, 3.63) is 91.8 Å². The summed E-state index contributed by atoms with van der Waals surface area (Å²) >= 11 is 5.50. The van der Waals surface area contributed by atoms with Gasteiger partial charge in [0.25, 0.3) is 0 Å². The molecular formula is C35H34F3NS3. The third-order valence-electron chi connectivity index (χ3n) is 8.58. The summed E-state index contributed by atoms with van der Waals surface area (Å²) in [5, 5.41) is 2.79. The van der Waals surface area contributed by atoms with E-state index in [0.29, 0.717) is 11.5 Å². The number of hydrogen-bond acceptors (Lipinski definition) is 1. The SMILES string of the molecule is C=[N+]1C=Cc2c([s+][c-](-c3ccc(CC(C)(C)C(F)(F)F)cc3)c2C)[C-]1c1cc(C(C)C)c2c(c1)sc1[s+][c-](C)c(C)c12. The van der Waals surface area contributed by atoms with Gasteiger partial charge in [-0.15, -0.1) is 17.7 Å². The number of nitrogens with zero attached hydrogens (tertiary/aromatic N) is 1. The summed E-state index contributed by atoms with van der Waals surface area (Å²) in [6.07, 6.45) is -0.142. The molecule has 1 nitrogen and oxygen atoms in total. The molecule has 0 bridgehead atoms. The normalized spacial score (nSPS) is 14.2. The molecule has 1 aliphatic heterocycles. The summed E-state index contributed by atoms with van der Waals surface area (Å²) in [4.78, 5) is 3.68. The summed E-state index contributed by atoms with van der Waals surface area (Å²) < 4.78 is 45.1. The van der Waals surface area contributed by atoms with Crippen molar-refractivity contribution in [3.8, 4) is 10.4 Å². The first-order valence-corrected chi connectivity index (χ1v) is 16.5. The molecule has 0 saturated carbocycles. The maximum absolute atomic E-state index is 13.5. The first-order chi connectivity index (χ1) is 19.7. The first kappa shape index (κ1) is 29.2. The van der Waals surface area contributed by atoms with E-state index < -0.39 is 11.6 Å². The first-order valence-electron chi connectivity index (χ1n) is 14.1. The van der Waals surface area contributed by atoms with Gasteiger partial charge in [0, 0.05) is 11.3 Å². The molecule has 6 rings (SSSR count). The largest absolute Gasteiger partial charge is 0.394 e. The highest BCUT2D eigenvalue weighted by Crippen LogP contribution is 2.49. The number of rotatable bonds is 5. The topological polar surface area (TPSA) is 3.01 Å². The molecule has 0 spiro atoms. The van der Waals surface area contributed by atoms with E-state index in [1.807, 2.05) is 57.7 Å². The highest BCUT2D eigenvalue weighted by molar-refractivity contribution is 7.41. The van der Waals surface area contributed by atoms with E-state index in [4.69, 9.17) is 0 Å². The summed E-state index contributed by atoms with van der Waals surface area (Å²) in [7, 11) is 0. The van der Waals surface area contributed by atoms with Gasteiger partial charge in [-0.25, -0.2) is 0 Å². The molecular weight excluding hydrogens is 588 g/mol. The third-order valence-corrected chi connectivity index (χ3v) is 12.4. The number of thiophene rings is 3. The molecule has 0 N–H and O–H groups in total. The lowest BCUT2D eigenvalue weighted by Crippen LogP contribution is -2.34. The van der Waals surface area contributed by atoms with Crippen LogP contribution in [0.5, 0.6) is 0 Å². The molecule has 218 valence electrons. The summed E-state index contributed by atoms with van der Waals surface area (Å²) in [5.41, 5.74) is 6.19. The van der Waals surface area contributed by atoms with Crippen LogP contribution < -0.4 is 0 Å². The number of aryl methyl sites for hydroxylation is 2. The lowest BCUT2D eigenvalue weighted by atomic mass is 9.85. The van der Waals surface area contributed by atoms with Crippen molar-refractivity contribution >= 4 is 66.3 Å². The molecule has 0 unspecified atom stereocenters. The predicted octanol–water partition coefficient (Wildman–Crippen LogP) is 11.6. The number of hydrogen-bond donors (Lipinski definition) is 0. The molecule has 0 aliphatic carbocycles. The van der Waals surface area contributed by atoms with E-state index in [1.165, 1.54) is 65.3 Å². The van der Waals surface area contributed by atoms with Crippen molar-refractivity contribution < 1.29 is 17.7 Å². The lowest BCUT2D eigenvalue weighted by molar-refractivity contribution is -0.417. The number of benzene rings is 2. The van der Waals surface area contributed by atoms with Crippen LogP contribution in [0.25, 0.3) is 36.0 Å². The second kappa shape index (κ2) is 10.1. The minimum Gasteiger partial charge on any atom is -0.257 e. The standard InChI is InChI=1S/C35H34F3NS3/c1-18(2)26-15-24(16-27-29(26)28-19(3)21(5)40-33(28)41-27)30-32-25(13-14-39(30)8)20(4)31(42-32)23-11-9-22(10-12-23)17-34(6,7)35(36,37)38/h9-16,18H,8,17H2,1-7H3. The van der Waals surface area contributed by atoms with Crippen molar-refractivity contribution in [2.24, 2.45) is 5.41 Å². The molecule has 42 heavy (non-hydrogen) atoms. The van der Waals surface area contributed by atoms with Crippen LogP contribution in [0.1, 0.15) is 76.7 Å². The fraction of sp³-hybridized carbons (Fsp3) is 0.314. The minimum atomic E-state index is -4.25. The number of alkyl halides is 3. The smallest absolute Gasteiger partial charge is 0.257 e. The molecule has 0 atom stereocenters. The summed E-state index contributed by atoms with van der Waals surface area (Å²) in [6, 6.07) is 13.4. The van der Waals surface area contributed by atoms with Crippen molar-refractivity contribution in [3.63, 3.8) is 0 Å². The van der Waals surface area contributed by atoms with Crippen molar-refractivity contribution in [2.75, 3.05) is 0 Å². The van der Waals surface area contributed by atoms with Gasteiger partial charge in [0.2, 0.25) is 0 Å². The molecule has 2 aromatic carbocycles. The Morgan fingerprint density at radius 3 is 2.31 bits per heavy atom. The molecule has 3 aromatic heterocycles. The van der Waals surface area contributed by atoms with E-state index in [2.05, 4.69) is 59.5 Å². The van der Waals surface area contributed by atoms with E-state index in [9.17, 15) is 13.2 Å². The lowest BCUT2D eigenvalue weighted by Gasteiger charge is -2.28. The third kappa shape index (κ3) is 4.65. The maximum atomic E-state index is 13.5. The average Bonchev–Trinajstić information content (AvgIpc) is 3.52. The Labute approximate surface area is 257 Å². The van der Waals surface area contributed by atoms with Crippen LogP contribution in [0.15, 0.2) is 42.6 Å². The number of halogens is 3. The van der Waals surface area contributed by atoms with Gasteiger partial charge < -0.3 is 0 Å². The molecule has 1 aliphatic rings. The zero-order valence-corrected chi connectivity index (χ0v) is 27.4. The molecule has 0 radical (unpaired) electrons. The number of fused-ring (bicyclic) bond motifs is 4. The Hall–Kier alpha value is -2.87. The van der Waals surface area contributed by atoms with E-state index in [0.717, 1.165) is 22.0 Å². The Balaban J connectivity index is 1.43. The van der Waals surface area contributed by atoms with E-state index >= 15 is 0 Å². The Kier molecular flexibility index (Phi) is 7.03. The van der Waals surface area contributed by atoms with Crippen LogP contribution in [-0.2, 0) is 6.42 Å². The van der Waals surface area contributed by atoms with Gasteiger partial charge >= 0.3 is 6.18 Å². The molecule has 5 aromatic rings. The monoisotopic (exact) mass is 621 g/mol. The van der Waals surface area contributed by atoms with Crippen LogP contribution in [0, 0.1) is 32.2 Å². The zero-order chi connectivity index (χ0) is 30.3. The van der Waals surface area contributed by atoms with Crippen LogP contribution in [0.2, 0.25) is 0 Å². The van der Waals surface area contributed by atoms with E-state index in [-0.39, 0.29) is 6.42 Å². The zero-order valence-electron chi connectivity index (χ0n) is 24.9. The highest BCUT2D eigenvalue weighted by Gasteiger charge is 2.46. The Morgan fingerprint density at radius 1 is 0.976 bits per heavy atom. The second-order valence-electron chi connectivity index (χ2n) is 12.3. The van der Waals surface area contributed by atoms with Gasteiger partial charge in [0.15, 0.2) is 15.8 Å². The molecule has 4 heterocycles. The van der Waals surface area contributed by atoms with Crippen LogP contribution >= 0.6 is 34.0 Å². The predicted molar refractivity (Wildman–Crippen MR) is 177 cm³/mol. The van der Waals surface area contributed by atoms with E-state index in [1.54, 1.807) is 11.3 Å². The van der Waals surface area contributed by atoms with Crippen molar-refractivity contribution in [1.82, 2.24) is 0 Å². The molecule has 0 amide bonds. The summed E-state index contributed by atoms with van der Waals surface area (Å²) in [6.45, 7) is 18.0. The van der Waals surface area contributed by atoms with Crippen molar-refractivity contribution in [2.45, 2.75) is 67.0 Å². The highest BCUT2D eigenvalue weighted by atomic mass is 32.2. The van der Waals surface area contributed by atoms with Crippen LogP contribution in [0.4, 0.5) is 13.2 Å². The van der Waals surface area contributed by atoms with Crippen molar-refractivity contribution in [1.29, 1.82) is 0 Å².